The van der Waals surface area contributed by atoms with Crippen molar-refractivity contribution in [3.8, 4) is 0 Å². The van der Waals surface area contributed by atoms with Crippen LogP contribution < -0.4 is 5.32 Å². The molecule has 1 fully saturated rings. The van der Waals surface area contributed by atoms with Crippen LogP contribution in [-0.4, -0.2) is 32.8 Å². The molecule has 1 aromatic heterocycles. The SMILES string of the molecule is Cc1cc(C)n(Cc2ccc(C(=O)N[C@H]3CC[C@@H](C(=O)O)C3)cc2)n1. The minimum absolute atomic E-state index is 0.0528. The summed E-state index contributed by atoms with van der Waals surface area (Å²) >= 11 is 0. The lowest BCUT2D eigenvalue weighted by molar-refractivity contribution is -0.141. The summed E-state index contributed by atoms with van der Waals surface area (Å²) < 4.78 is 1.94. The molecule has 0 spiro atoms. The van der Waals surface area contributed by atoms with Crippen LogP contribution in [0.1, 0.15) is 46.6 Å². The van der Waals surface area contributed by atoms with E-state index in [1.54, 1.807) is 12.1 Å². The van der Waals surface area contributed by atoms with Gasteiger partial charge >= 0.3 is 5.97 Å². The topological polar surface area (TPSA) is 84.2 Å². The van der Waals surface area contributed by atoms with Gasteiger partial charge in [-0.05, 0) is 56.9 Å². The summed E-state index contributed by atoms with van der Waals surface area (Å²) in [6, 6.07) is 9.46. The number of aryl methyl sites for hydroxylation is 2. The van der Waals surface area contributed by atoms with Gasteiger partial charge in [0, 0.05) is 17.3 Å². The van der Waals surface area contributed by atoms with Crippen molar-refractivity contribution in [2.75, 3.05) is 0 Å². The third-order valence-corrected chi connectivity index (χ3v) is 4.77. The molecule has 1 heterocycles. The van der Waals surface area contributed by atoms with Crippen molar-refractivity contribution in [3.63, 3.8) is 0 Å². The van der Waals surface area contributed by atoms with Gasteiger partial charge in [-0.3, -0.25) is 14.3 Å². The van der Waals surface area contributed by atoms with Gasteiger partial charge in [-0.1, -0.05) is 12.1 Å². The first kappa shape index (κ1) is 17.2. The van der Waals surface area contributed by atoms with E-state index in [1.165, 1.54) is 0 Å². The number of aliphatic carboxylic acids is 1. The van der Waals surface area contributed by atoms with Gasteiger partial charge in [0.15, 0.2) is 0 Å². The Morgan fingerprint density at radius 3 is 2.52 bits per heavy atom. The summed E-state index contributed by atoms with van der Waals surface area (Å²) in [5, 5.41) is 16.4. The lowest BCUT2D eigenvalue weighted by atomic mass is 10.1. The molecular formula is C19H23N3O3. The minimum atomic E-state index is -0.773. The molecule has 2 atom stereocenters. The molecule has 2 N–H and O–H groups in total. The minimum Gasteiger partial charge on any atom is -0.481 e. The fraction of sp³-hybridized carbons (Fsp3) is 0.421. The predicted octanol–water partition coefficient (Wildman–Crippen LogP) is 2.53. The molecule has 1 aliphatic rings. The summed E-state index contributed by atoms with van der Waals surface area (Å²) in [6.07, 6.45) is 1.86. The van der Waals surface area contributed by atoms with Crippen LogP contribution in [0, 0.1) is 19.8 Å². The van der Waals surface area contributed by atoms with Crippen molar-refractivity contribution in [2.45, 2.75) is 45.7 Å². The molecule has 1 saturated carbocycles. The van der Waals surface area contributed by atoms with E-state index in [-0.39, 0.29) is 17.9 Å². The zero-order chi connectivity index (χ0) is 18.0. The molecule has 0 saturated heterocycles. The number of aromatic nitrogens is 2. The molecule has 132 valence electrons. The van der Waals surface area contributed by atoms with E-state index in [1.807, 2.05) is 36.7 Å². The Balaban J connectivity index is 1.59. The number of hydrogen-bond acceptors (Lipinski definition) is 3. The first-order valence-corrected chi connectivity index (χ1v) is 8.56. The third-order valence-electron chi connectivity index (χ3n) is 4.77. The quantitative estimate of drug-likeness (QED) is 0.875. The van der Waals surface area contributed by atoms with Crippen LogP contribution in [-0.2, 0) is 11.3 Å². The molecule has 2 aromatic rings. The van der Waals surface area contributed by atoms with E-state index in [0.717, 1.165) is 23.4 Å². The zero-order valence-electron chi connectivity index (χ0n) is 14.5. The number of carbonyl (C=O) groups excluding carboxylic acids is 1. The molecule has 0 bridgehead atoms. The Bertz CT molecular complexity index is 780. The maximum atomic E-state index is 12.3. The number of nitrogens with one attached hydrogen (secondary N) is 1. The molecule has 1 amide bonds. The van der Waals surface area contributed by atoms with Gasteiger partial charge in [0.25, 0.3) is 5.91 Å². The van der Waals surface area contributed by atoms with Crippen molar-refractivity contribution in [2.24, 2.45) is 5.92 Å². The number of benzene rings is 1. The average Bonchev–Trinajstić information content (AvgIpc) is 3.15. The Kier molecular flexibility index (Phi) is 4.88. The van der Waals surface area contributed by atoms with E-state index in [9.17, 15) is 9.59 Å². The molecule has 1 aliphatic carbocycles. The summed E-state index contributed by atoms with van der Waals surface area (Å²) in [4.78, 5) is 23.3. The fourth-order valence-electron chi connectivity index (χ4n) is 3.38. The number of amides is 1. The first-order chi connectivity index (χ1) is 11.9. The van der Waals surface area contributed by atoms with Crippen LogP contribution in [0.4, 0.5) is 0 Å². The molecule has 0 aliphatic heterocycles. The van der Waals surface area contributed by atoms with Gasteiger partial charge in [0.2, 0.25) is 0 Å². The second-order valence-electron chi connectivity index (χ2n) is 6.80. The Hall–Kier alpha value is -2.63. The Morgan fingerprint density at radius 1 is 1.24 bits per heavy atom. The number of hydrogen-bond donors (Lipinski definition) is 2. The molecular weight excluding hydrogens is 318 g/mol. The normalized spacial score (nSPS) is 19.8. The smallest absolute Gasteiger partial charge is 0.306 e. The van der Waals surface area contributed by atoms with Crippen LogP contribution in [0.25, 0.3) is 0 Å². The fourth-order valence-corrected chi connectivity index (χ4v) is 3.38. The molecule has 0 radical (unpaired) electrons. The van der Waals surface area contributed by atoms with Crippen molar-refractivity contribution in [3.05, 3.63) is 52.8 Å². The summed E-state index contributed by atoms with van der Waals surface area (Å²) in [5.74, 6) is -1.26. The largest absolute Gasteiger partial charge is 0.481 e. The first-order valence-electron chi connectivity index (χ1n) is 8.56. The number of carboxylic acid groups (broad SMARTS) is 1. The van der Waals surface area contributed by atoms with Gasteiger partial charge in [-0.2, -0.15) is 5.10 Å². The standard InChI is InChI=1S/C19H23N3O3/c1-12-9-13(2)22(21-12)11-14-3-5-15(6-4-14)18(23)20-17-8-7-16(10-17)19(24)25/h3-6,9,16-17H,7-8,10-11H2,1-2H3,(H,20,23)(H,24,25)/t16-,17+/m1/s1. The summed E-state index contributed by atoms with van der Waals surface area (Å²) in [6.45, 7) is 4.66. The summed E-state index contributed by atoms with van der Waals surface area (Å²) in [5.41, 5.74) is 3.77. The maximum Gasteiger partial charge on any atom is 0.306 e. The maximum absolute atomic E-state index is 12.3. The number of carboxylic acids is 1. The monoisotopic (exact) mass is 341 g/mol. The lowest BCUT2D eigenvalue weighted by Gasteiger charge is -2.13. The lowest BCUT2D eigenvalue weighted by Crippen LogP contribution is -2.33. The third kappa shape index (κ3) is 4.07. The van der Waals surface area contributed by atoms with Crippen molar-refractivity contribution in [1.29, 1.82) is 0 Å². The van der Waals surface area contributed by atoms with Crippen LogP contribution >= 0.6 is 0 Å². The molecule has 3 rings (SSSR count). The zero-order valence-corrected chi connectivity index (χ0v) is 14.5. The highest BCUT2D eigenvalue weighted by molar-refractivity contribution is 5.94. The van der Waals surface area contributed by atoms with Crippen LogP contribution in [0.2, 0.25) is 0 Å². The highest BCUT2D eigenvalue weighted by Crippen LogP contribution is 2.25. The molecule has 25 heavy (non-hydrogen) atoms. The van der Waals surface area contributed by atoms with Crippen molar-refractivity contribution >= 4 is 11.9 Å². The second-order valence-corrected chi connectivity index (χ2v) is 6.80. The molecule has 1 aromatic carbocycles. The van der Waals surface area contributed by atoms with Crippen molar-refractivity contribution in [1.82, 2.24) is 15.1 Å². The highest BCUT2D eigenvalue weighted by atomic mass is 16.4. The van der Waals surface area contributed by atoms with E-state index < -0.39 is 5.97 Å². The number of carbonyl (C=O) groups is 2. The van der Waals surface area contributed by atoms with Gasteiger partial charge in [0.05, 0.1) is 18.2 Å². The highest BCUT2D eigenvalue weighted by Gasteiger charge is 2.30. The van der Waals surface area contributed by atoms with E-state index in [0.29, 0.717) is 24.9 Å². The number of nitrogens with zero attached hydrogens (tertiary/aromatic N) is 2. The van der Waals surface area contributed by atoms with Gasteiger partial charge in [0.1, 0.15) is 0 Å². The second kappa shape index (κ2) is 7.09. The van der Waals surface area contributed by atoms with Gasteiger partial charge in [-0.25, -0.2) is 0 Å². The molecule has 6 heteroatoms. The van der Waals surface area contributed by atoms with E-state index in [4.69, 9.17) is 5.11 Å². The average molecular weight is 341 g/mol. The number of rotatable bonds is 5. The van der Waals surface area contributed by atoms with E-state index in [2.05, 4.69) is 10.4 Å². The van der Waals surface area contributed by atoms with Crippen LogP contribution in [0.5, 0.6) is 0 Å². The molecule has 0 unspecified atom stereocenters. The van der Waals surface area contributed by atoms with Crippen LogP contribution in [0.3, 0.4) is 0 Å². The predicted molar refractivity (Wildman–Crippen MR) is 93.5 cm³/mol. The van der Waals surface area contributed by atoms with Gasteiger partial charge in [-0.15, -0.1) is 0 Å². The Labute approximate surface area is 146 Å². The molecule has 6 nitrogen and oxygen atoms in total. The van der Waals surface area contributed by atoms with Crippen molar-refractivity contribution < 1.29 is 14.7 Å². The van der Waals surface area contributed by atoms with Crippen LogP contribution in [0.15, 0.2) is 30.3 Å². The Morgan fingerprint density at radius 2 is 1.96 bits per heavy atom. The van der Waals surface area contributed by atoms with Gasteiger partial charge < -0.3 is 10.4 Å². The summed E-state index contributed by atoms with van der Waals surface area (Å²) in [7, 11) is 0. The van der Waals surface area contributed by atoms with E-state index >= 15 is 0 Å².